The number of thioether (sulfide) groups is 1. The number of urea groups is 1. The molecular weight excluding hydrogens is 360 g/mol. The third kappa shape index (κ3) is 4.33. The molecule has 1 unspecified atom stereocenters. The summed E-state index contributed by atoms with van der Waals surface area (Å²) in [5.74, 6) is 2.86. The zero-order chi connectivity index (χ0) is 19.4. The lowest BCUT2D eigenvalue weighted by atomic mass is 10.0. The number of methoxy groups -OCH3 is 2. The number of rotatable bonds is 5. The van der Waals surface area contributed by atoms with E-state index in [2.05, 4.69) is 31.3 Å². The minimum Gasteiger partial charge on any atom is -0.497 e. The minimum atomic E-state index is -0.106. The van der Waals surface area contributed by atoms with E-state index in [0.29, 0.717) is 12.5 Å². The molecule has 2 aromatic rings. The van der Waals surface area contributed by atoms with E-state index in [1.807, 2.05) is 35.2 Å². The molecule has 1 aliphatic heterocycles. The molecule has 3 rings (SSSR count). The van der Waals surface area contributed by atoms with Gasteiger partial charge in [0.05, 0.1) is 14.2 Å². The first-order valence-electron chi connectivity index (χ1n) is 9.04. The molecule has 0 spiro atoms. The second-order valence-corrected chi connectivity index (χ2v) is 7.92. The van der Waals surface area contributed by atoms with Crippen LogP contribution in [0.4, 0.5) is 10.5 Å². The molecule has 0 aromatic heterocycles. The Morgan fingerprint density at radius 1 is 1.15 bits per heavy atom. The molecule has 1 N–H and O–H groups in total. The lowest BCUT2D eigenvalue weighted by molar-refractivity contribution is 0.213. The number of benzene rings is 2. The highest BCUT2D eigenvalue weighted by molar-refractivity contribution is 7.99. The molecule has 27 heavy (non-hydrogen) atoms. The van der Waals surface area contributed by atoms with Gasteiger partial charge in [-0.05, 0) is 41.8 Å². The molecule has 1 heterocycles. The molecule has 2 aromatic carbocycles. The summed E-state index contributed by atoms with van der Waals surface area (Å²) in [5.41, 5.74) is 3.01. The van der Waals surface area contributed by atoms with Crippen LogP contribution in [0, 0.1) is 0 Å². The zero-order valence-corrected chi connectivity index (χ0v) is 17.0. The summed E-state index contributed by atoms with van der Waals surface area (Å²) in [6, 6.07) is 13.6. The number of nitrogens with one attached hydrogen (secondary N) is 1. The third-order valence-corrected chi connectivity index (χ3v) is 5.93. The smallest absolute Gasteiger partial charge is 0.323 e. The molecule has 2 amide bonds. The van der Waals surface area contributed by atoms with Crippen molar-refractivity contribution in [2.24, 2.45) is 0 Å². The molecule has 5 nitrogen and oxygen atoms in total. The van der Waals surface area contributed by atoms with E-state index in [1.165, 1.54) is 5.56 Å². The van der Waals surface area contributed by atoms with Crippen molar-refractivity contribution in [2.45, 2.75) is 25.1 Å². The number of hydrogen-bond acceptors (Lipinski definition) is 4. The van der Waals surface area contributed by atoms with Crippen LogP contribution >= 0.6 is 11.8 Å². The van der Waals surface area contributed by atoms with E-state index >= 15 is 0 Å². The maximum Gasteiger partial charge on any atom is 0.323 e. The van der Waals surface area contributed by atoms with Crippen LogP contribution < -0.4 is 14.8 Å². The molecular formula is C21H26N2O3S. The minimum absolute atomic E-state index is 0.104. The second kappa shape index (κ2) is 8.57. The third-order valence-electron chi connectivity index (χ3n) is 4.68. The fraction of sp³-hybridized carbons (Fsp3) is 0.381. The number of nitrogens with zero attached hydrogens (tertiary/aromatic N) is 1. The normalized spacial score (nSPS) is 16.5. The summed E-state index contributed by atoms with van der Waals surface area (Å²) in [6.45, 7) is 4.99. The second-order valence-electron chi connectivity index (χ2n) is 6.73. The van der Waals surface area contributed by atoms with Crippen LogP contribution in [0.2, 0.25) is 0 Å². The molecule has 6 heteroatoms. The summed E-state index contributed by atoms with van der Waals surface area (Å²) < 4.78 is 10.9. The van der Waals surface area contributed by atoms with Gasteiger partial charge in [-0.25, -0.2) is 4.79 Å². The van der Waals surface area contributed by atoms with Gasteiger partial charge < -0.3 is 19.7 Å². The van der Waals surface area contributed by atoms with Gasteiger partial charge in [-0.2, -0.15) is 0 Å². The number of ether oxygens (including phenoxy) is 2. The molecule has 1 atom stereocenters. The number of anilines is 1. The van der Waals surface area contributed by atoms with Gasteiger partial charge in [-0.1, -0.05) is 26.0 Å². The van der Waals surface area contributed by atoms with Crippen LogP contribution in [0.15, 0.2) is 42.5 Å². The zero-order valence-electron chi connectivity index (χ0n) is 16.2. The summed E-state index contributed by atoms with van der Waals surface area (Å²) in [5, 5.41) is 2.91. The van der Waals surface area contributed by atoms with Gasteiger partial charge in [0.1, 0.15) is 16.9 Å². The van der Waals surface area contributed by atoms with Crippen LogP contribution in [0.5, 0.6) is 11.5 Å². The van der Waals surface area contributed by atoms with Crippen molar-refractivity contribution in [2.75, 3.05) is 31.8 Å². The lowest BCUT2D eigenvalue weighted by Crippen LogP contribution is -2.34. The van der Waals surface area contributed by atoms with Crippen LogP contribution in [-0.2, 0) is 0 Å². The molecule has 1 fully saturated rings. The van der Waals surface area contributed by atoms with Crippen LogP contribution in [0.1, 0.15) is 36.3 Å². The molecule has 0 saturated carbocycles. The Kier molecular flexibility index (Phi) is 6.16. The number of hydrogen-bond donors (Lipinski definition) is 1. The van der Waals surface area contributed by atoms with Gasteiger partial charge in [0, 0.05) is 23.5 Å². The highest BCUT2D eigenvalue weighted by atomic mass is 32.2. The van der Waals surface area contributed by atoms with E-state index in [1.54, 1.807) is 26.0 Å². The van der Waals surface area contributed by atoms with Gasteiger partial charge in [0.25, 0.3) is 0 Å². The Labute approximate surface area is 165 Å². The summed E-state index contributed by atoms with van der Waals surface area (Å²) in [7, 11) is 3.28. The molecule has 144 valence electrons. The predicted octanol–water partition coefficient (Wildman–Crippen LogP) is 5.11. The lowest BCUT2D eigenvalue weighted by Gasteiger charge is -2.26. The average molecular weight is 387 g/mol. The number of amides is 2. The van der Waals surface area contributed by atoms with Gasteiger partial charge >= 0.3 is 6.03 Å². The van der Waals surface area contributed by atoms with Gasteiger partial charge in [-0.3, -0.25) is 0 Å². The van der Waals surface area contributed by atoms with Crippen LogP contribution in [0.3, 0.4) is 0 Å². The first-order valence-corrected chi connectivity index (χ1v) is 10.1. The van der Waals surface area contributed by atoms with Crippen molar-refractivity contribution >= 4 is 23.5 Å². The Morgan fingerprint density at radius 3 is 2.52 bits per heavy atom. The topological polar surface area (TPSA) is 50.8 Å². The standard InChI is InChI=1S/C21H26N2O3S/c1-14(2)15-5-7-16(8-6-15)22-21(24)23-11-12-27-20(23)18-13-17(25-3)9-10-19(18)26-4/h5-10,13-14,20H,11-12H2,1-4H3,(H,22,24). The number of carbonyl (C=O) groups excluding carboxylic acids is 1. The van der Waals surface area contributed by atoms with Crippen molar-refractivity contribution in [3.05, 3.63) is 53.6 Å². The molecule has 0 bridgehead atoms. The summed E-state index contributed by atoms with van der Waals surface area (Å²) >= 11 is 1.73. The number of carbonyl (C=O) groups is 1. The fourth-order valence-corrected chi connectivity index (χ4v) is 4.38. The quantitative estimate of drug-likeness (QED) is 0.776. The maximum absolute atomic E-state index is 12.9. The highest BCUT2D eigenvalue weighted by Gasteiger charge is 2.33. The Bertz CT molecular complexity index is 793. The first-order chi connectivity index (χ1) is 13.0. The van der Waals surface area contributed by atoms with Crippen molar-refractivity contribution in [3.63, 3.8) is 0 Å². The van der Waals surface area contributed by atoms with E-state index in [-0.39, 0.29) is 11.4 Å². The average Bonchev–Trinajstić information content (AvgIpc) is 3.17. The van der Waals surface area contributed by atoms with Crippen LogP contribution in [0.25, 0.3) is 0 Å². The summed E-state index contributed by atoms with van der Waals surface area (Å²) in [6.07, 6.45) is 0. The van der Waals surface area contributed by atoms with E-state index in [0.717, 1.165) is 28.5 Å². The first kappa shape index (κ1) is 19.4. The van der Waals surface area contributed by atoms with Gasteiger partial charge in [0.2, 0.25) is 0 Å². The molecule has 0 radical (unpaired) electrons. The predicted molar refractivity (Wildman–Crippen MR) is 111 cm³/mol. The molecule has 0 aliphatic carbocycles. The van der Waals surface area contributed by atoms with Gasteiger partial charge in [0.15, 0.2) is 0 Å². The molecule has 1 aliphatic rings. The Balaban J connectivity index is 1.78. The SMILES string of the molecule is COc1ccc(OC)c(C2SCCN2C(=O)Nc2ccc(C(C)C)cc2)c1. The van der Waals surface area contributed by atoms with E-state index < -0.39 is 0 Å². The van der Waals surface area contributed by atoms with Crippen molar-refractivity contribution < 1.29 is 14.3 Å². The Hall–Kier alpha value is -2.34. The largest absolute Gasteiger partial charge is 0.497 e. The van der Waals surface area contributed by atoms with Crippen LogP contribution in [-0.4, -0.2) is 37.4 Å². The Morgan fingerprint density at radius 2 is 1.89 bits per heavy atom. The maximum atomic E-state index is 12.9. The monoisotopic (exact) mass is 386 g/mol. The van der Waals surface area contributed by atoms with Crippen molar-refractivity contribution in [1.29, 1.82) is 0 Å². The highest BCUT2D eigenvalue weighted by Crippen LogP contribution is 2.43. The van der Waals surface area contributed by atoms with Gasteiger partial charge in [-0.15, -0.1) is 11.8 Å². The van der Waals surface area contributed by atoms with Crippen molar-refractivity contribution in [3.8, 4) is 11.5 Å². The van der Waals surface area contributed by atoms with E-state index in [9.17, 15) is 4.79 Å². The van der Waals surface area contributed by atoms with Crippen molar-refractivity contribution in [1.82, 2.24) is 4.90 Å². The fourth-order valence-electron chi connectivity index (χ4n) is 3.11. The summed E-state index contributed by atoms with van der Waals surface area (Å²) in [4.78, 5) is 14.7. The van der Waals surface area contributed by atoms with E-state index in [4.69, 9.17) is 9.47 Å². The molecule has 1 saturated heterocycles.